The molecule has 314 valence electrons. The highest BCUT2D eigenvalue weighted by molar-refractivity contribution is 5.91. The fourth-order valence-corrected chi connectivity index (χ4v) is 10.2. The van der Waals surface area contributed by atoms with Gasteiger partial charge in [0.05, 0.1) is 11.4 Å². The SMILES string of the molecule is CCCCCCCCC1(CCCCCCCC)c2cc(-c3ccccc3)ccc2-c2ccc(-c3ccc4c(c3)N(c3ccccc3)c3cc(-c5ccc(O)cc5)ccc3O4)cc21. The molecule has 0 bridgehead atoms. The Kier molecular flexibility index (Phi) is 12.6. The van der Waals surface area contributed by atoms with Crippen molar-refractivity contribution in [2.24, 2.45) is 0 Å². The number of anilines is 3. The molecule has 0 amide bonds. The summed E-state index contributed by atoms with van der Waals surface area (Å²) in [5.74, 6) is 1.91. The van der Waals surface area contributed by atoms with Crippen LogP contribution in [0, 0.1) is 0 Å². The average molecular weight is 816 g/mol. The van der Waals surface area contributed by atoms with Crippen LogP contribution in [0.4, 0.5) is 17.1 Å². The summed E-state index contributed by atoms with van der Waals surface area (Å²) in [4.78, 5) is 2.34. The molecule has 7 aromatic rings. The molecule has 0 aromatic heterocycles. The number of fused-ring (bicyclic) bond motifs is 5. The molecule has 3 heteroatoms. The van der Waals surface area contributed by atoms with Crippen LogP contribution in [0.15, 0.2) is 158 Å². The number of hydrogen-bond donors (Lipinski definition) is 1. The molecule has 0 saturated carbocycles. The number of rotatable bonds is 18. The van der Waals surface area contributed by atoms with Gasteiger partial charge in [-0.2, -0.15) is 0 Å². The van der Waals surface area contributed by atoms with Crippen molar-refractivity contribution >= 4 is 17.1 Å². The summed E-state index contributed by atoms with van der Waals surface area (Å²) in [7, 11) is 0. The predicted octanol–water partition coefficient (Wildman–Crippen LogP) is 17.7. The zero-order valence-electron chi connectivity index (χ0n) is 36.7. The first-order valence-electron chi connectivity index (χ1n) is 23.5. The molecule has 1 N–H and O–H groups in total. The highest BCUT2D eigenvalue weighted by Gasteiger charge is 2.43. The molecular weight excluding hydrogens is 755 g/mol. The number of para-hydroxylation sites is 1. The highest BCUT2D eigenvalue weighted by atomic mass is 16.5. The van der Waals surface area contributed by atoms with E-state index in [1.54, 1.807) is 12.1 Å². The lowest BCUT2D eigenvalue weighted by molar-refractivity contribution is 0.398. The van der Waals surface area contributed by atoms with Gasteiger partial charge in [-0.05, 0) is 129 Å². The fraction of sp³-hybridized carbons (Fsp3) is 0.288. The summed E-state index contributed by atoms with van der Waals surface area (Å²) in [6.07, 6.45) is 17.9. The Bertz CT molecular complexity index is 2580. The van der Waals surface area contributed by atoms with E-state index in [-0.39, 0.29) is 11.2 Å². The molecule has 0 unspecified atom stereocenters. The van der Waals surface area contributed by atoms with E-state index < -0.39 is 0 Å². The lowest BCUT2D eigenvalue weighted by Gasteiger charge is -2.34. The van der Waals surface area contributed by atoms with Crippen LogP contribution < -0.4 is 9.64 Å². The minimum absolute atomic E-state index is 0.0437. The summed E-state index contributed by atoms with van der Waals surface area (Å²) in [5.41, 5.74) is 16.0. The van der Waals surface area contributed by atoms with Crippen molar-refractivity contribution in [1.29, 1.82) is 0 Å². The Morgan fingerprint density at radius 2 is 0.839 bits per heavy atom. The molecule has 0 atom stereocenters. The zero-order chi connectivity index (χ0) is 42.3. The van der Waals surface area contributed by atoms with Gasteiger partial charge in [0, 0.05) is 11.1 Å². The second kappa shape index (κ2) is 18.9. The molecule has 2 aliphatic rings. The number of ether oxygens (including phenoxy) is 1. The molecule has 7 aromatic carbocycles. The predicted molar refractivity (Wildman–Crippen MR) is 261 cm³/mol. The van der Waals surface area contributed by atoms with Gasteiger partial charge in [-0.3, -0.25) is 0 Å². The lowest BCUT2D eigenvalue weighted by atomic mass is 9.70. The summed E-state index contributed by atoms with van der Waals surface area (Å²) in [5, 5.41) is 10.0. The van der Waals surface area contributed by atoms with Crippen molar-refractivity contribution in [2.75, 3.05) is 4.90 Å². The molecule has 1 aliphatic heterocycles. The normalized spacial score (nSPS) is 13.2. The monoisotopic (exact) mass is 815 g/mol. The van der Waals surface area contributed by atoms with Gasteiger partial charge >= 0.3 is 0 Å². The molecule has 0 radical (unpaired) electrons. The van der Waals surface area contributed by atoms with Crippen molar-refractivity contribution in [3.63, 3.8) is 0 Å². The van der Waals surface area contributed by atoms with Gasteiger partial charge in [0.2, 0.25) is 0 Å². The summed E-state index contributed by atoms with van der Waals surface area (Å²) >= 11 is 0. The van der Waals surface area contributed by atoms with Gasteiger partial charge in [0.15, 0.2) is 11.5 Å². The van der Waals surface area contributed by atoms with Crippen LogP contribution in [0.25, 0.3) is 44.5 Å². The van der Waals surface area contributed by atoms with Crippen molar-refractivity contribution in [1.82, 2.24) is 0 Å². The highest BCUT2D eigenvalue weighted by Crippen LogP contribution is 2.57. The topological polar surface area (TPSA) is 32.7 Å². The van der Waals surface area contributed by atoms with Gasteiger partial charge in [-0.25, -0.2) is 0 Å². The maximum absolute atomic E-state index is 10.0. The third-order valence-electron chi connectivity index (χ3n) is 13.5. The first-order chi connectivity index (χ1) is 30.6. The van der Waals surface area contributed by atoms with E-state index in [4.69, 9.17) is 4.74 Å². The summed E-state index contributed by atoms with van der Waals surface area (Å²) < 4.78 is 6.70. The van der Waals surface area contributed by atoms with Gasteiger partial charge in [0.25, 0.3) is 0 Å². The maximum atomic E-state index is 10.0. The third-order valence-corrected chi connectivity index (χ3v) is 13.5. The Balaban J connectivity index is 1.13. The van der Waals surface area contributed by atoms with Gasteiger partial charge in [0.1, 0.15) is 5.75 Å². The zero-order valence-corrected chi connectivity index (χ0v) is 36.7. The largest absolute Gasteiger partial charge is 0.508 e. The Labute approximate surface area is 370 Å². The standard InChI is InChI=1S/C59H61NO2/c1-3-5-7-9-11-19-37-59(38-20-12-10-8-6-4-2)53-39-45(43-21-15-13-16-22-43)27-33-51(53)52-34-28-46(40-54(52)59)48-30-36-58-56(42-48)60(49-23-17-14-18-24-49)55-41-47(29-35-57(55)62-58)44-25-31-50(61)32-26-44/h13-18,21-36,39-42,61H,3-12,19-20,37-38H2,1-2H3. The number of benzene rings is 7. The number of aromatic hydroxyl groups is 1. The van der Waals surface area contributed by atoms with Gasteiger partial charge in [-0.15, -0.1) is 0 Å². The van der Waals surface area contributed by atoms with Crippen LogP contribution in [0.1, 0.15) is 115 Å². The smallest absolute Gasteiger partial charge is 0.151 e. The van der Waals surface area contributed by atoms with Crippen LogP contribution in [0.5, 0.6) is 17.2 Å². The average Bonchev–Trinajstić information content (AvgIpc) is 3.58. The molecule has 0 fully saturated rings. The van der Waals surface area contributed by atoms with Crippen molar-refractivity contribution in [2.45, 2.75) is 109 Å². The van der Waals surface area contributed by atoms with E-state index in [1.807, 2.05) is 12.1 Å². The lowest BCUT2D eigenvalue weighted by Crippen LogP contribution is -2.25. The quantitative estimate of drug-likeness (QED) is 0.0876. The summed E-state index contributed by atoms with van der Waals surface area (Å²) in [6.45, 7) is 4.62. The molecule has 1 heterocycles. The number of unbranched alkanes of at least 4 members (excludes halogenated alkanes) is 10. The molecule has 62 heavy (non-hydrogen) atoms. The molecule has 9 rings (SSSR count). The van der Waals surface area contributed by atoms with Crippen LogP contribution in [-0.2, 0) is 5.41 Å². The third kappa shape index (κ3) is 8.43. The van der Waals surface area contributed by atoms with E-state index in [1.165, 1.54) is 134 Å². The summed E-state index contributed by atoms with van der Waals surface area (Å²) in [6, 6.07) is 56.8. The Morgan fingerprint density at radius 1 is 0.419 bits per heavy atom. The van der Waals surface area contributed by atoms with E-state index >= 15 is 0 Å². The maximum Gasteiger partial charge on any atom is 0.151 e. The van der Waals surface area contributed by atoms with E-state index in [0.29, 0.717) is 0 Å². The molecule has 1 aliphatic carbocycles. The number of hydrogen-bond acceptors (Lipinski definition) is 3. The van der Waals surface area contributed by atoms with Crippen LogP contribution >= 0.6 is 0 Å². The van der Waals surface area contributed by atoms with Crippen LogP contribution in [-0.4, -0.2) is 5.11 Å². The molecule has 0 spiro atoms. The van der Waals surface area contributed by atoms with E-state index in [0.717, 1.165) is 39.7 Å². The van der Waals surface area contributed by atoms with Crippen molar-refractivity contribution in [3.8, 4) is 61.8 Å². The minimum Gasteiger partial charge on any atom is -0.508 e. The number of phenols is 1. The van der Waals surface area contributed by atoms with Crippen LogP contribution in [0.2, 0.25) is 0 Å². The molecular formula is C59H61NO2. The fourth-order valence-electron chi connectivity index (χ4n) is 10.2. The molecule has 0 saturated heterocycles. The van der Waals surface area contributed by atoms with Gasteiger partial charge < -0.3 is 14.7 Å². The Morgan fingerprint density at radius 3 is 1.39 bits per heavy atom. The number of phenolic OH excluding ortho intramolecular Hbond substituents is 1. The first kappa shape index (κ1) is 41.3. The molecule has 3 nitrogen and oxygen atoms in total. The minimum atomic E-state index is -0.0437. The first-order valence-corrected chi connectivity index (χ1v) is 23.5. The van der Waals surface area contributed by atoms with Gasteiger partial charge in [-0.1, -0.05) is 188 Å². The van der Waals surface area contributed by atoms with Crippen molar-refractivity contribution < 1.29 is 9.84 Å². The second-order valence-corrected chi connectivity index (χ2v) is 17.7. The number of nitrogens with zero attached hydrogens (tertiary/aromatic N) is 1. The van der Waals surface area contributed by atoms with Crippen LogP contribution in [0.3, 0.4) is 0 Å². The Hall–Kier alpha value is -6.06. The van der Waals surface area contributed by atoms with E-state index in [2.05, 4.69) is 152 Å². The second-order valence-electron chi connectivity index (χ2n) is 17.7. The van der Waals surface area contributed by atoms with E-state index in [9.17, 15) is 5.11 Å². The van der Waals surface area contributed by atoms with Crippen molar-refractivity contribution in [3.05, 3.63) is 169 Å².